The molecule has 0 bridgehead atoms. The summed E-state index contributed by atoms with van der Waals surface area (Å²) >= 11 is 0. The molecule has 1 aromatic rings. The minimum atomic E-state index is -0.462. The molecule has 2 N–H and O–H groups in total. The van der Waals surface area contributed by atoms with Gasteiger partial charge >= 0.3 is 0 Å². The Bertz CT molecular complexity index is 436. The standard InChI is InChI=1S/C14H19FN2O/c1-10-5-4-6-11(9-16)17(10)14(18)12-7-2-3-8-13(12)15/h2-3,7-8,10-11H,4-6,9,16H2,1H3. The van der Waals surface area contributed by atoms with Crippen LogP contribution in [0.5, 0.6) is 0 Å². The van der Waals surface area contributed by atoms with Crippen LogP contribution in [0.2, 0.25) is 0 Å². The fourth-order valence-corrected chi connectivity index (χ4v) is 2.66. The quantitative estimate of drug-likeness (QED) is 0.874. The van der Waals surface area contributed by atoms with Crippen LogP contribution in [0.3, 0.4) is 0 Å². The first-order valence-corrected chi connectivity index (χ1v) is 6.42. The van der Waals surface area contributed by atoms with Crippen molar-refractivity contribution in [3.05, 3.63) is 35.6 Å². The van der Waals surface area contributed by atoms with E-state index in [1.165, 1.54) is 12.1 Å². The number of piperidine rings is 1. The molecule has 18 heavy (non-hydrogen) atoms. The number of nitrogens with zero attached hydrogens (tertiary/aromatic N) is 1. The Morgan fingerprint density at radius 3 is 2.83 bits per heavy atom. The number of halogens is 1. The van der Waals surface area contributed by atoms with Gasteiger partial charge in [-0.25, -0.2) is 4.39 Å². The van der Waals surface area contributed by atoms with Crippen LogP contribution >= 0.6 is 0 Å². The van der Waals surface area contributed by atoms with Gasteiger partial charge in [-0.15, -0.1) is 0 Å². The number of rotatable bonds is 2. The molecule has 1 amide bonds. The van der Waals surface area contributed by atoms with Crippen molar-refractivity contribution >= 4 is 5.91 Å². The summed E-state index contributed by atoms with van der Waals surface area (Å²) < 4.78 is 13.7. The lowest BCUT2D eigenvalue weighted by Crippen LogP contribution is -2.52. The molecule has 4 heteroatoms. The van der Waals surface area contributed by atoms with Crippen molar-refractivity contribution in [1.29, 1.82) is 0 Å². The van der Waals surface area contributed by atoms with Crippen LogP contribution in [0.25, 0.3) is 0 Å². The van der Waals surface area contributed by atoms with Crippen molar-refractivity contribution < 1.29 is 9.18 Å². The summed E-state index contributed by atoms with van der Waals surface area (Å²) in [6.07, 6.45) is 2.93. The molecule has 98 valence electrons. The number of carbonyl (C=O) groups excluding carboxylic acids is 1. The van der Waals surface area contributed by atoms with Crippen LogP contribution < -0.4 is 5.73 Å². The highest BCUT2D eigenvalue weighted by Crippen LogP contribution is 2.25. The summed E-state index contributed by atoms with van der Waals surface area (Å²) in [7, 11) is 0. The van der Waals surface area contributed by atoms with Gasteiger partial charge in [0.05, 0.1) is 5.56 Å². The third kappa shape index (κ3) is 2.38. The topological polar surface area (TPSA) is 46.3 Å². The van der Waals surface area contributed by atoms with E-state index < -0.39 is 5.82 Å². The molecule has 0 spiro atoms. The van der Waals surface area contributed by atoms with Gasteiger partial charge in [0.1, 0.15) is 5.82 Å². The number of likely N-dealkylation sites (tertiary alicyclic amines) is 1. The molecule has 2 unspecified atom stereocenters. The lowest BCUT2D eigenvalue weighted by molar-refractivity contribution is 0.0489. The fraction of sp³-hybridized carbons (Fsp3) is 0.500. The number of amides is 1. The van der Waals surface area contributed by atoms with E-state index in [0.717, 1.165) is 19.3 Å². The normalized spacial score (nSPS) is 24.1. The van der Waals surface area contributed by atoms with Crippen molar-refractivity contribution in [2.45, 2.75) is 38.3 Å². The molecule has 1 heterocycles. The van der Waals surface area contributed by atoms with E-state index in [1.54, 1.807) is 17.0 Å². The van der Waals surface area contributed by atoms with Gasteiger partial charge in [-0.05, 0) is 38.3 Å². The molecule has 0 aromatic heterocycles. The van der Waals surface area contributed by atoms with Gasteiger partial charge in [0.2, 0.25) is 0 Å². The highest BCUT2D eigenvalue weighted by Gasteiger charge is 2.32. The second-order valence-corrected chi connectivity index (χ2v) is 4.86. The molecule has 2 atom stereocenters. The molecule has 1 aliphatic rings. The maximum absolute atomic E-state index is 13.7. The zero-order valence-corrected chi connectivity index (χ0v) is 10.6. The minimum Gasteiger partial charge on any atom is -0.332 e. The third-order valence-corrected chi connectivity index (χ3v) is 3.64. The van der Waals surface area contributed by atoms with Crippen LogP contribution in [0.15, 0.2) is 24.3 Å². The molecule has 1 aromatic carbocycles. The Balaban J connectivity index is 2.28. The van der Waals surface area contributed by atoms with Gasteiger partial charge < -0.3 is 10.6 Å². The Morgan fingerprint density at radius 2 is 2.17 bits per heavy atom. The number of carbonyl (C=O) groups is 1. The summed E-state index contributed by atoms with van der Waals surface area (Å²) in [5, 5.41) is 0. The van der Waals surface area contributed by atoms with Crippen LogP contribution in [0.1, 0.15) is 36.5 Å². The average Bonchev–Trinajstić information content (AvgIpc) is 2.38. The van der Waals surface area contributed by atoms with Gasteiger partial charge in [0, 0.05) is 18.6 Å². The Hall–Kier alpha value is -1.42. The van der Waals surface area contributed by atoms with Gasteiger partial charge in [-0.1, -0.05) is 12.1 Å². The van der Waals surface area contributed by atoms with E-state index >= 15 is 0 Å². The van der Waals surface area contributed by atoms with E-state index in [0.29, 0.717) is 6.54 Å². The maximum atomic E-state index is 13.7. The average molecular weight is 250 g/mol. The van der Waals surface area contributed by atoms with Crippen molar-refractivity contribution in [2.24, 2.45) is 5.73 Å². The molecule has 1 aliphatic heterocycles. The first-order chi connectivity index (χ1) is 8.65. The van der Waals surface area contributed by atoms with E-state index in [4.69, 9.17) is 5.73 Å². The second kappa shape index (κ2) is 5.48. The zero-order chi connectivity index (χ0) is 13.1. The molecule has 0 aliphatic carbocycles. The molecule has 1 saturated heterocycles. The number of benzene rings is 1. The summed E-state index contributed by atoms with van der Waals surface area (Å²) in [6.45, 7) is 2.44. The minimum absolute atomic E-state index is 0.0286. The summed E-state index contributed by atoms with van der Waals surface area (Å²) in [6, 6.07) is 6.28. The van der Waals surface area contributed by atoms with E-state index in [1.807, 2.05) is 6.92 Å². The third-order valence-electron chi connectivity index (χ3n) is 3.64. The predicted octanol–water partition coefficient (Wildman–Crippen LogP) is 2.17. The lowest BCUT2D eigenvalue weighted by atomic mass is 9.95. The Morgan fingerprint density at radius 1 is 1.44 bits per heavy atom. The summed E-state index contributed by atoms with van der Waals surface area (Å²) in [4.78, 5) is 14.2. The van der Waals surface area contributed by atoms with E-state index in [9.17, 15) is 9.18 Å². The van der Waals surface area contributed by atoms with Crippen molar-refractivity contribution in [2.75, 3.05) is 6.54 Å². The van der Waals surface area contributed by atoms with Crippen LogP contribution in [0, 0.1) is 5.82 Å². The Labute approximate surface area is 107 Å². The van der Waals surface area contributed by atoms with Gasteiger partial charge in [0.25, 0.3) is 5.91 Å². The smallest absolute Gasteiger partial charge is 0.257 e. The fourth-order valence-electron chi connectivity index (χ4n) is 2.66. The summed E-state index contributed by atoms with van der Waals surface area (Å²) in [5.41, 5.74) is 5.87. The highest BCUT2D eigenvalue weighted by molar-refractivity contribution is 5.95. The van der Waals surface area contributed by atoms with Gasteiger partial charge in [0.15, 0.2) is 0 Å². The number of hydrogen-bond donors (Lipinski definition) is 1. The van der Waals surface area contributed by atoms with Crippen LogP contribution in [-0.4, -0.2) is 29.4 Å². The number of hydrogen-bond acceptors (Lipinski definition) is 2. The molecule has 0 saturated carbocycles. The van der Waals surface area contributed by atoms with E-state index in [2.05, 4.69) is 0 Å². The van der Waals surface area contributed by atoms with Crippen molar-refractivity contribution in [1.82, 2.24) is 4.90 Å². The van der Waals surface area contributed by atoms with Gasteiger partial charge in [-0.3, -0.25) is 4.79 Å². The lowest BCUT2D eigenvalue weighted by Gasteiger charge is -2.40. The predicted molar refractivity (Wildman–Crippen MR) is 68.7 cm³/mol. The first kappa shape index (κ1) is 13.0. The largest absolute Gasteiger partial charge is 0.332 e. The van der Waals surface area contributed by atoms with Crippen molar-refractivity contribution in [3.63, 3.8) is 0 Å². The van der Waals surface area contributed by atoms with Crippen molar-refractivity contribution in [3.8, 4) is 0 Å². The highest BCUT2D eigenvalue weighted by atomic mass is 19.1. The van der Waals surface area contributed by atoms with Gasteiger partial charge in [-0.2, -0.15) is 0 Å². The number of nitrogens with two attached hydrogens (primary N) is 1. The molecule has 1 fully saturated rings. The SMILES string of the molecule is CC1CCCC(CN)N1C(=O)c1ccccc1F. The zero-order valence-electron chi connectivity index (χ0n) is 10.6. The molecule has 3 nitrogen and oxygen atoms in total. The molecule has 2 rings (SSSR count). The van der Waals surface area contributed by atoms with Crippen LogP contribution in [0.4, 0.5) is 4.39 Å². The van der Waals surface area contributed by atoms with Crippen LogP contribution in [-0.2, 0) is 0 Å². The molecular formula is C14H19FN2O. The second-order valence-electron chi connectivity index (χ2n) is 4.86. The Kier molecular flexibility index (Phi) is 3.97. The van der Waals surface area contributed by atoms with E-state index in [-0.39, 0.29) is 23.6 Å². The maximum Gasteiger partial charge on any atom is 0.257 e. The molecular weight excluding hydrogens is 231 g/mol. The molecule has 0 radical (unpaired) electrons. The summed E-state index contributed by atoms with van der Waals surface area (Å²) in [5.74, 6) is -0.702. The monoisotopic (exact) mass is 250 g/mol. The first-order valence-electron chi connectivity index (χ1n) is 6.42.